The predicted molar refractivity (Wildman–Crippen MR) is 104 cm³/mol. The Labute approximate surface area is 172 Å². The van der Waals surface area contributed by atoms with Gasteiger partial charge in [-0.05, 0) is 49.1 Å². The van der Waals surface area contributed by atoms with E-state index < -0.39 is 32.6 Å². The number of alkyl halides is 3. The predicted octanol–water partition coefficient (Wildman–Crippen LogP) is 3.35. The number of hydrogen-bond donors (Lipinski definition) is 2. The molecule has 1 heterocycles. The van der Waals surface area contributed by atoms with Crippen LogP contribution in [-0.2, 0) is 16.2 Å². The van der Waals surface area contributed by atoms with E-state index in [0.717, 1.165) is 31.0 Å². The molecule has 6 nitrogen and oxygen atoms in total. The molecule has 0 spiro atoms. The van der Waals surface area contributed by atoms with Gasteiger partial charge in [0.2, 0.25) is 0 Å². The van der Waals surface area contributed by atoms with Gasteiger partial charge in [-0.1, -0.05) is 18.2 Å². The summed E-state index contributed by atoms with van der Waals surface area (Å²) < 4.78 is 66.4. The molecule has 1 aliphatic rings. The molecule has 0 saturated carbocycles. The van der Waals surface area contributed by atoms with Crippen molar-refractivity contribution in [3.63, 3.8) is 0 Å². The molecule has 1 unspecified atom stereocenters. The molecule has 0 aromatic heterocycles. The summed E-state index contributed by atoms with van der Waals surface area (Å²) >= 11 is 0. The number of aliphatic hydroxyl groups excluding tert-OH is 1. The zero-order chi connectivity index (χ0) is 21.9. The smallest absolute Gasteiger partial charge is 0.396 e. The lowest BCUT2D eigenvalue weighted by Crippen LogP contribution is -2.41. The van der Waals surface area contributed by atoms with E-state index in [1.807, 2.05) is 0 Å². The first kappa shape index (κ1) is 22.1. The molecule has 2 aromatic rings. The van der Waals surface area contributed by atoms with Crippen molar-refractivity contribution in [1.29, 1.82) is 0 Å². The van der Waals surface area contributed by atoms with E-state index in [2.05, 4.69) is 4.72 Å². The van der Waals surface area contributed by atoms with Gasteiger partial charge in [-0.3, -0.25) is 9.52 Å². The van der Waals surface area contributed by atoms with Gasteiger partial charge in [-0.2, -0.15) is 13.2 Å². The number of anilines is 1. The number of para-hydroxylation sites is 1. The molecule has 0 aliphatic carbocycles. The number of halogens is 3. The van der Waals surface area contributed by atoms with Crippen molar-refractivity contribution in [2.45, 2.75) is 23.9 Å². The lowest BCUT2D eigenvalue weighted by molar-refractivity contribution is -0.137. The van der Waals surface area contributed by atoms with Gasteiger partial charge in [-0.15, -0.1) is 0 Å². The van der Waals surface area contributed by atoms with Crippen molar-refractivity contribution in [2.24, 2.45) is 5.92 Å². The van der Waals surface area contributed by atoms with Gasteiger partial charge in [0.15, 0.2) is 0 Å². The highest BCUT2D eigenvalue weighted by Gasteiger charge is 2.32. The summed E-state index contributed by atoms with van der Waals surface area (Å²) in [6, 6.07) is 9.32. The number of carbonyl (C=O) groups is 1. The van der Waals surface area contributed by atoms with Gasteiger partial charge in [0, 0.05) is 19.7 Å². The molecule has 2 aromatic carbocycles. The largest absolute Gasteiger partial charge is 0.416 e. The molecular weight excluding hydrogens is 421 g/mol. The second kappa shape index (κ2) is 8.65. The number of hydrogen-bond acceptors (Lipinski definition) is 4. The third-order valence-electron chi connectivity index (χ3n) is 4.94. The third kappa shape index (κ3) is 4.93. The Hall–Kier alpha value is -2.59. The minimum Gasteiger partial charge on any atom is -0.396 e. The lowest BCUT2D eigenvalue weighted by atomic mass is 9.98. The zero-order valence-electron chi connectivity index (χ0n) is 15.9. The molecule has 0 bridgehead atoms. The van der Waals surface area contributed by atoms with Gasteiger partial charge >= 0.3 is 6.18 Å². The Morgan fingerprint density at radius 3 is 2.60 bits per heavy atom. The van der Waals surface area contributed by atoms with Crippen LogP contribution in [0.25, 0.3) is 0 Å². The highest BCUT2D eigenvalue weighted by molar-refractivity contribution is 7.92. The molecule has 30 heavy (non-hydrogen) atoms. The molecule has 2 N–H and O–H groups in total. The summed E-state index contributed by atoms with van der Waals surface area (Å²) in [4.78, 5) is 13.9. The second-order valence-electron chi connectivity index (χ2n) is 7.12. The van der Waals surface area contributed by atoms with E-state index in [1.165, 1.54) is 18.2 Å². The van der Waals surface area contributed by atoms with Crippen LogP contribution in [0.1, 0.15) is 28.8 Å². The first-order valence-corrected chi connectivity index (χ1v) is 10.8. The Balaban J connectivity index is 1.88. The van der Waals surface area contributed by atoms with Crippen molar-refractivity contribution in [2.75, 3.05) is 24.4 Å². The van der Waals surface area contributed by atoms with Crippen LogP contribution in [0, 0.1) is 5.92 Å². The summed E-state index contributed by atoms with van der Waals surface area (Å²) in [5.74, 6) is -0.452. The van der Waals surface area contributed by atoms with E-state index in [4.69, 9.17) is 0 Å². The number of likely N-dealkylation sites (tertiary alicyclic amines) is 1. The number of benzene rings is 2. The SMILES string of the molecule is O=C(c1ccccc1NS(=O)(=O)c1cccc(C(F)(F)F)c1)N1CCCC(CO)C1. The zero-order valence-corrected chi connectivity index (χ0v) is 16.7. The molecule has 1 aliphatic heterocycles. The average Bonchev–Trinajstić information content (AvgIpc) is 2.73. The molecule has 1 atom stereocenters. The topological polar surface area (TPSA) is 86.7 Å². The van der Waals surface area contributed by atoms with E-state index in [0.29, 0.717) is 19.2 Å². The second-order valence-corrected chi connectivity index (χ2v) is 8.80. The fourth-order valence-electron chi connectivity index (χ4n) is 3.37. The monoisotopic (exact) mass is 442 g/mol. The van der Waals surface area contributed by atoms with Gasteiger partial charge in [0.25, 0.3) is 15.9 Å². The number of piperidine rings is 1. The fraction of sp³-hybridized carbons (Fsp3) is 0.350. The number of carbonyl (C=O) groups excluding carboxylic acids is 1. The Morgan fingerprint density at radius 2 is 1.90 bits per heavy atom. The average molecular weight is 442 g/mol. The van der Waals surface area contributed by atoms with Gasteiger partial charge in [0.05, 0.1) is 21.7 Å². The van der Waals surface area contributed by atoms with E-state index >= 15 is 0 Å². The molecule has 3 rings (SSSR count). The maximum absolute atomic E-state index is 13.0. The maximum Gasteiger partial charge on any atom is 0.416 e. The highest BCUT2D eigenvalue weighted by Crippen LogP contribution is 2.31. The summed E-state index contributed by atoms with van der Waals surface area (Å²) in [6.45, 7) is 0.779. The fourth-order valence-corrected chi connectivity index (χ4v) is 4.50. The van der Waals surface area contributed by atoms with Crippen LogP contribution < -0.4 is 4.72 Å². The molecule has 10 heteroatoms. The summed E-state index contributed by atoms with van der Waals surface area (Å²) in [6.07, 6.45) is -3.17. The normalized spacial score (nSPS) is 17.6. The highest BCUT2D eigenvalue weighted by atomic mass is 32.2. The molecule has 162 valence electrons. The first-order valence-electron chi connectivity index (χ1n) is 9.31. The Kier molecular flexibility index (Phi) is 6.37. The van der Waals surface area contributed by atoms with Crippen molar-refractivity contribution in [3.8, 4) is 0 Å². The quantitative estimate of drug-likeness (QED) is 0.744. The van der Waals surface area contributed by atoms with Crippen LogP contribution >= 0.6 is 0 Å². The van der Waals surface area contributed by atoms with Crippen molar-refractivity contribution >= 4 is 21.6 Å². The number of rotatable bonds is 5. The van der Waals surface area contributed by atoms with Crippen molar-refractivity contribution in [1.82, 2.24) is 4.90 Å². The van der Waals surface area contributed by atoms with E-state index in [1.54, 1.807) is 11.0 Å². The number of nitrogens with one attached hydrogen (secondary N) is 1. The third-order valence-corrected chi connectivity index (χ3v) is 6.30. The van der Waals surface area contributed by atoms with Crippen LogP contribution in [0.4, 0.5) is 18.9 Å². The Morgan fingerprint density at radius 1 is 1.17 bits per heavy atom. The minimum absolute atomic E-state index is 0.0222. The lowest BCUT2D eigenvalue weighted by Gasteiger charge is -2.32. The summed E-state index contributed by atoms with van der Waals surface area (Å²) in [5, 5.41) is 9.36. The minimum atomic E-state index is -4.68. The van der Waals surface area contributed by atoms with Crippen molar-refractivity contribution < 1.29 is 31.5 Å². The molecule has 1 saturated heterocycles. The number of nitrogens with zero attached hydrogens (tertiary/aromatic N) is 1. The number of sulfonamides is 1. The molecule has 1 amide bonds. The maximum atomic E-state index is 13.0. The van der Waals surface area contributed by atoms with Crippen LogP contribution in [-0.4, -0.2) is 44.0 Å². The van der Waals surface area contributed by atoms with Crippen LogP contribution in [0.2, 0.25) is 0 Å². The summed E-state index contributed by atoms with van der Waals surface area (Å²) in [5.41, 5.74) is -1.02. The molecular formula is C20H21F3N2O4S. The van der Waals surface area contributed by atoms with Crippen LogP contribution in [0.15, 0.2) is 53.4 Å². The van der Waals surface area contributed by atoms with E-state index in [9.17, 15) is 31.5 Å². The van der Waals surface area contributed by atoms with Gasteiger partial charge < -0.3 is 10.0 Å². The van der Waals surface area contributed by atoms with Crippen LogP contribution in [0.5, 0.6) is 0 Å². The Bertz CT molecular complexity index is 1020. The molecule has 0 radical (unpaired) electrons. The number of amides is 1. The van der Waals surface area contributed by atoms with Gasteiger partial charge in [0.1, 0.15) is 0 Å². The van der Waals surface area contributed by atoms with Crippen molar-refractivity contribution in [3.05, 3.63) is 59.7 Å². The summed E-state index contributed by atoms with van der Waals surface area (Å²) in [7, 11) is -4.36. The van der Waals surface area contributed by atoms with E-state index in [-0.39, 0.29) is 23.8 Å². The number of aliphatic hydroxyl groups is 1. The standard InChI is InChI=1S/C20H21F3N2O4S/c21-20(22,23)15-6-3-7-16(11-15)30(28,29)24-18-9-2-1-8-17(18)19(27)25-10-4-5-14(12-25)13-26/h1-3,6-9,11,14,24,26H,4-5,10,12-13H2. The first-order chi connectivity index (χ1) is 14.1. The molecule has 1 fully saturated rings. The van der Waals surface area contributed by atoms with Crippen LogP contribution in [0.3, 0.4) is 0 Å². The van der Waals surface area contributed by atoms with Gasteiger partial charge in [-0.25, -0.2) is 8.42 Å².